The lowest BCUT2D eigenvalue weighted by atomic mass is 10.00. The van der Waals surface area contributed by atoms with Crippen molar-refractivity contribution in [3.05, 3.63) is 83.7 Å². The van der Waals surface area contributed by atoms with E-state index in [1.165, 1.54) is 44.5 Å². The maximum atomic E-state index is 13.5. The lowest BCUT2D eigenvalue weighted by molar-refractivity contribution is 0.182. The first-order chi connectivity index (χ1) is 16.2. The van der Waals surface area contributed by atoms with E-state index in [2.05, 4.69) is 4.90 Å². The minimum atomic E-state index is -0.263. The van der Waals surface area contributed by atoms with Gasteiger partial charge in [-0.25, -0.2) is 4.39 Å². The summed E-state index contributed by atoms with van der Waals surface area (Å²) in [5.74, 6) is 1.53. The van der Waals surface area contributed by atoms with Crippen LogP contribution in [0, 0.1) is 5.82 Å². The summed E-state index contributed by atoms with van der Waals surface area (Å²) in [6, 6.07) is 19.8. The highest BCUT2D eigenvalue weighted by Crippen LogP contribution is 2.53. The van der Waals surface area contributed by atoms with Crippen molar-refractivity contribution in [2.45, 2.75) is 35.5 Å². The van der Waals surface area contributed by atoms with Gasteiger partial charge in [-0.3, -0.25) is 4.90 Å². The molecule has 33 heavy (non-hydrogen) atoms. The second-order valence-corrected chi connectivity index (χ2v) is 9.76. The van der Waals surface area contributed by atoms with Gasteiger partial charge in [-0.1, -0.05) is 30.7 Å². The molecule has 0 aliphatic carbocycles. The van der Waals surface area contributed by atoms with Gasteiger partial charge < -0.3 is 14.6 Å². The number of nitrogens with zero attached hydrogens (tertiary/aromatic N) is 1. The van der Waals surface area contributed by atoms with Crippen molar-refractivity contribution in [1.29, 1.82) is 0 Å². The zero-order valence-electron chi connectivity index (χ0n) is 18.5. The van der Waals surface area contributed by atoms with E-state index in [4.69, 9.17) is 9.47 Å². The molecular weight excluding hydrogens is 437 g/mol. The van der Waals surface area contributed by atoms with E-state index in [0.717, 1.165) is 34.1 Å². The quantitative estimate of drug-likeness (QED) is 0.459. The average Bonchev–Trinajstić information content (AvgIpc) is 2.85. The number of benzene rings is 3. The fourth-order valence-electron chi connectivity index (χ4n) is 4.45. The fourth-order valence-corrected chi connectivity index (χ4v) is 5.78. The number of hydrogen-bond acceptors (Lipinski definition) is 5. The van der Waals surface area contributed by atoms with Crippen molar-refractivity contribution in [1.82, 2.24) is 4.90 Å². The van der Waals surface area contributed by atoms with Crippen molar-refractivity contribution in [2.75, 3.05) is 26.2 Å². The first-order valence-electron chi connectivity index (χ1n) is 11.5. The van der Waals surface area contributed by atoms with Gasteiger partial charge in [0.15, 0.2) is 0 Å². The predicted molar refractivity (Wildman–Crippen MR) is 129 cm³/mol. The molecule has 0 radical (unpaired) electrons. The largest absolute Gasteiger partial charge is 0.508 e. The number of phenols is 1. The van der Waals surface area contributed by atoms with Crippen LogP contribution in [0.1, 0.15) is 41.7 Å². The molecule has 2 heterocycles. The number of phenolic OH excluding ortho intramolecular Hbond substituents is 1. The van der Waals surface area contributed by atoms with E-state index in [1.54, 1.807) is 42.1 Å². The number of aromatic hydroxyl groups is 1. The van der Waals surface area contributed by atoms with Crippen LogP contribution < -0.4 is 9.47 Å². The molecule has 0 bridgehead atoms. The molecule has 3 aromatic rings. The summed E-state index contributed by atoms with van der Waals surface area (Å²) >= 11 is 1.62. The highest BCUT2D eigenvalue weighted by atomic mass is 32.2. The molecule has 1 N–H and O–H groups in total. The molecule has 1 fully saturated rings. The maximum Gasteiger partial charge on any atom is 0.140 e. The lowest BCUT2D eigenvalue weighted by Crippen LogP contribution is -2.33. The Kier molecular flexibility index (Phi) is 6.74. The summed E-state index contributed by atoms with van der Waals surface area (Å²) in [6.07, 6.45) is 3.66. The van der Waals surface area contributed by atoms with Crippen LogP contribution in [0.5, 0.6) is 17.2 Å². The Morgan fingerprint density at radius 2 is 1.67 bits per heavy atom. The molecule has 2 atom stereocenters. The van der Waals surface area contributed by atoms with E-state index in [0.29, 0.717) is 6.61 Å². The van der Waals surface area contributed by atoms with Crippen LogP contribution >= 0.6 is 11.8 Å². The van der Waals surface area contributed by atoms with Gasteiger partial charge in [0.05, 0.1) is 10.1 Å². The highest BCUT2D eigenvalue weighted by Gasteiger charge is 2.33. The maximum absolute atomic E-state index is 13.5. The van der Waals surface area contributed by atoms with Gasteiger partial charge in [-0.15, -0.1) is 11.8 Å². The Morgan fingerprint density at radius 3 is 2.42 bits per heavy atom. The monoisotopic (exact) mass is 465 g/mol. The van der Waals surface area contributed by atoms with Gasteiger partial charge in [0.2, 0.25) is 0 Å². The molecule has 0 aromatic heterocycles. The van der Waals surface area contributed by atoms with Gasteiger partial charge in [0, 0.05) is 6.54 Å². The SMILES string of the molecule is Oc1ccc2c(c1)S[C@@H](c1ccc(F)cc1)[C@@H](c1ccc(OCCN3CCCCC3)cc1)O2. The normalized spacial score (nSPS) is 20.6. The molecule has 0 amide bonds. The third-order valence-electron chi connectivity index (χ3n) is 6.24. The Morgan fingerprint density at radius 1 is 0.939 bits per heavy atom. The second kappa shape index (κ2) is 10.1. The summed E-state index contributed by atoms with van der Waals surface area (Å²) in [5.41, 5.74) is 2.00. The third-order valence-corrected chi connectivity index (χ3v) is 7.59. The summed E-state index contributed by atoms with van der Waals surface area (Å²) in [6.45, 7) is 3.98. The summed E-state index contributed by atoms with van der Waals surface area (Å²) in [5, 5.41) is 9.84. The lowest BCUT2D eigenvalue weighted by Gasteiger charge is -2.34. The molecule has 2 aliphatic heterocycles. The van der Waals surface area contributed by atoms with Crippen molar-refractivity contribution in [3.63, 3.8) is 0 Å². The number of fused-ring (bicyclic) bond motifs is 1. The number of piperidine rings is 1. The molecule has 6 heteroatoms. The molecule has 0 saturated carbocycles. The molecule has 5 rings (SSSR count). The predicted octanol–water partition coefficient (Wildman–Crippen LogP) is 6.36. The first-order valence-corrected chi connectivity index (χ1v) is 12.4. The van der Waals surface area contributed by atoms with E-state index in [1.807, 2.05) is 24.3 Å². The van der Waals surface area contributed by atoms with Crippen LogP contribution in [0.15, 0.2) is 71.6 Å². The number of halogens is 1. The number of hydrogen-bond donors (Lipinski definition) is 1. The van der Waals surface area contributed by atoms with Crippen LogP contribution in [0.4, 0.5) is 4.39 Å². The Hall–Kier alpha value is -2.70. The van der Waals surface area contributed by atoms with E-state index in [-0.39, 0.29) is 22.9 Å². The minimum Gasteiger partial charge on any atom is -0.508 e. The second-order valence-electron chi connectivity index (χ2n) is 8.58. The van der Waals surface area contributed by atoms with Crippen LogP contribution in [-0.4, -0.2) is 36.2 Å². The van der Waals surface area contributed by atoms with Gasteiger partial charge in [0.1, 0.15) is 35.8 Å². The van der Waals surface area contributed by atoms with Gasteiger partial charge >= 0.3 is 0 Å². The van der Waals surface area contributed by atoms with E-state index >= 15 is 0 Å². The molecular formula is C27H28FNO3S. The Balaban J connectivity index is 1.32. The molecule has 0 unspecified atom stereocenters. The van der Waals surface area contributed by atoms with Crippen LogP contribution in [0.2, 0.25) is 0 Å². The molecule has 172 valence electrons. The van der Waals surface area contributed by atoms with Gasteiger partial charge in [0.25, 0.3) is 0 Å². The average molecular weight is 466 g/mol. The standard InChI is InChI=1S/C27H28FNO3S/c28-21-8-4-20(5-9-21)27-26(32-24-13-10-22(30)18-25(24)33-27)19-6-11-23(12-7-19)31-17-16-29-14-2-1-3-15-29/h4-13,18,26-27,30H,1-3,14-17H2/t26-,27+/m1/s1. The Bertz CT molecular complexity index is 1070. The summed E-state index contributed by atoms with van der Waals surface area (Å²) in [7, 11) is 0. The highest BCUT2D eigenvalue weighted by molar-refractivity contribution is 7.99. The topological polar surface area (TPSA) is 41.9 Å². The third kappa shape index (κ3) is 5.28. The van der Waals surface area contributed by atoms with Crippen LogP contribution in [0.25, 0.3) is 0 Å². The molecule has 4 nitrogen and oxygen atoms in total. The van der Waals surface area contributed by atoms with Crippen molar-refractivity contribution in [2.24, 2.45) is 0 Å². The van der Waals surface area contributed by atoms with Crippen molar-refractivity contribution in [3.8, 4) is 17.2 Å². The van der Waals surface area contributed by atoms with Gasteiger partial charge in [-0.05, 0) is 79.5 Å². The molecule has 1 saturated heterocycles. The zero-order chi connectivity index (χ0) is 22.6. The van der Waals surface area contributed by atoms with Crippen LogP contribution in [0.3, 0.4) is 0 Å². The zero-order valence-corrected chi connectivity index (χ0v) is 19.3. The molecule has 2 aliphatic rings. The Labute approximate surface area is 198 Å². The van der Waals surface area contributed by atoms with E-state index < -0.39 is 0 Å². The van der Waals surface area contributed by atoms with E-state index in [9.17, 15) is 9.50 Å². The number of thioether (sulfide) groups is 1. The molecule has 0 spiro atoms. The number of rotatable bonds is 6. The van der Waals surface area contributed by atoms with Crippen molar-refractivity contribution >= 4 is 11.8 Å². The van der Waals surface area contributed by atoms with Crippen molar-refractivity contribution < 1.29 is 19.0 Å². The fraction of sp³-hybridized carbons (Fsp3) is 0.333. The van der Waals surface area contributed by atoms with Crippen LogP contribution in [-0.2, 0) is 0 Å². The first kappa shape index (κ1) is 22.1. The minimum absolute atomic E-state index is 0.0780. The summed E-state index contributed by atoms with van der Waals surface area (Å²) < 4.78 is 25.9. The smallest absolute Gasteiger partial charge is 0.140 e. The van der Waals surface area contributed by atoms with Gasteiger partial charge in [-0.2, -0.15) is 0 Å². The summed E-state index contributed by atoms with van der Waals surface area (Å²) in [4.78, 5) is 3.34. The number of ether oxygens (including phenoxy) is 2. The number of likely N-dealkylation sites (tertiary alicyclic amines) is 1. The molecule has 3 aromatic carbocycles.